The molecule has 31 heavy (non-hydrogen) atoms. The second-order valence-corrected chi connectivity index (χ2v) is 8.80. The molecule has 0 aliphatic carbocycles. The van der Waals surface area contributed by atoms with Gasteiger partial charge in [-0.1, -0.05) is 18.2 Å². The Kier molecular flexibility index (Phi) is 10.2. The molecular weight excluding hydrogens is 523 g/mol. The van der Waals surface area contributed by atoms with Crippen LogP contribution in [0.5, 0.6) is 0 Å². The summed E-state index contributed by atoms with van der Waals surface area (Å²) >= 11 is 1.53. The molecule has 1 aromatic heterocycles. The van der Waals surface area contributed by atoms with E-state index in [1.54, 1.807) is 6.92 Å². The molecule has 0 spiro atoms. The standard InChI is InChI=1S/C23H32N4O2S.HI/c1-3-24-22(26-17-23(2,29)20-11-8-14-30-20)25-16-18-9-7-10-19(15-18)21(28)27-12-5-4-6-13-27;/h7-11,14-15,29H,3-6,12-13,16-17H2,1-2H3,(H2,24,25,26);1H. The van der Waals surface area contributed by atoms with Crippen LogP contribution in [0.2, 0.25) is 0 Å². The summed E-state index contributed by atoms with van der Waals surface area (Å²) in [5.41, 5.74) is 0.744. The van der Waals surface area contributed by atoms with Gasteiger partial charge in [0.2, 0.25) is 0 Å². The maximum atomic E-state index is 12.8. The summed E-state index contributed by atoms with van der Waals surface area (Å²) in [6.07, 6.45) is 3.38. The van der Waals surface area contributed by atoms with Crippen LogP contribution < -0.4 is 10.6 Å². The number of aliphatic hydroxyl groups is 1. The molecule has 0 saturated carbocycles. The lowest BCUT2D eigenvalue weighted by molar-refractivity contribution is 0.0655. The van der Waals surface area contributed by atoms with E-state index in [0.29, 0.717) is 19.0 Å². The lowest BCUT2D eigenvalue weighted by Gasteiger charge is -2.26. The molecule has 3 rings (SSSR count). The Hall–Kier alpha value is -1.65. The first kappa shape index (κ1) is 25.6. The van der Waals surface area contributed by atoms with Crippen LogP contribution in [0, 0.1) is 0 Å². The van der Waals surface area contributed by atoms with Gasteiger partial charge in [0.15, 0.2) is 5.96 Å². The number of aliphatic imine (C=N–C) groups is 1. The number of nitrogens with one attached hydrogen (secondary N) is 2. The molecule has 1 fully saturated rings. The summed E-state index contributed by atoms with van der Waals surface area (Å²) < 4.78 is 0. The maximum absolute atomic E-state index is 12.8. The Bertz CT molecular complexity index is 849. The number of carbonyl (C=O) groups is 1. The molecule has 2 heterocycles. The minimum absolute atomic E-state index is 0. The number of hydrogen-bond donors (Lipinski definition) is 3. The van der Waals surface area contributed by atoms with Gasteiger partial charge in [0, 0.05) is 30.1 Å². The molecule has 3 N–H and O–H groups in total. The van der Waals surface area contributed by atoms with Crippen LogP contribution in [0.4, 0.5) is 0 Å². The summed E-state index contributed by atoms with van der Waals surface area (Å²) in [5.74, 6) is 0.750. The minimum Gasteiger partial charge on any atom is -0.383 e. The smallest absolute Gasteiger partial charge is 0.253 e. The van der Waals surface area contributed by atoms with Crippen molar-refractivity contribution in [2.45, 2.75) is 45.3 Å². The molecule has 1 atom stereocenters. The highest BCUT2D eigenvalue weighted by atomic mass is 127. The van der Waals surface area contributed by atoms with E-state index in [1.807, 2.05) is 53.6 Å². The fraction of sp³-hybridized carbons (Fsp3) is 0.478. The maximum Gasteiger partial charge on any atom is 0.253 e. The van der Waals surface area contributed by atoms with Crippen molar-refractivity contribution in [3.63, 3.8) is 0 Å². The number of thiophene rings is 1. The SMILES string of the molecule is CCNC(=NCc1cccc(C(=O)N2CCCCC2)c1)NCC(C)(O)c1cccs1.I. The van der Waals surface area contributed by atoms with Crippen LogP contribution in [0.3, 0.4) is 0 Å². The highest BCUT2D eigenvalue weighted by Crippen LogP contribution is 2.24. The number of rotatable bonds is 7. The fourth-order valence-corrected chi connectivity index (χ4v) is 4.31. The lowest BCUT2D eigenvalue weighted by Crippen LogP contribution is -2.44. The van der Waals surface area contributed by atoms with Gasteiger partial charge < -0.3 is 20.6 Å². The van der Waals surface area contributed by atoms with E-state index in [4.69, 9.17) is 0 Å². The van der Waals surface area contributed by atoms with Gasteiger partial charge in [0.05, 0.1) is 13.1 Å². The van der Waals surface area contributed by atoms with E-state index in [0.717, 1.165) is 48.5 Å². The summed E-state index contributed by atoms with van der Waals surface area (Å²) in [6, 6.07) is 11.6. The van der Waals surface area contributed by atoms with E-state index >= 15 is 0 Å². The fourth-order valence-electron chi connectivity index (χ4n) is 3.52. The van der Waals surface area contributed by atoms with Crippen molar-refractivity contribution in [1.29, 1.82) is 0 Å². The molecule has 1 aliphatic rings. The van der Waals surface area contributed by atoms with Crippen molar-refractivity contribution in [2.75, 3.05) is 26.2 Å². The molecule has 1 saturated heterocycles. The Morgan fingerprint density at radius 2 is 1.97 bits per heavy atom. The number of guanidine groups is 1. The highest BCUT2D eigenvalue weighted by Gasteiger charge is 2.24. The average Bonchev–Trinajstić information content (AvgIpc) is 3.32. The first-order chi connectivity index (χ1) is 14.5. The van der Waals surface area contributed by atoms with Crippen LogP contribution in [0.25, 0.3) is 0 Å². The molecule has 1 aromatic carbocycles. The number of likely N-dealkylation sites (tertiary alicyclic amines) is 1. The molecule has 1 amide bonds. The first-order valence-corrected chi connectivity index (χ1v) is 11.5. The molecule has 1 aliphatic heterocycles. The van der Waals surface area contributed by atoms with E-state index in [-0.39, 0.29) is 29.9 Å². The summed E-state index contributed by atoms with van der Waals surface area (Å²) in [6.45, 7) is 7.03. The predicted octanol–water partition coefficient (Wildman–Crippen LogP) is 3.96. The van der Waals surface area contributed by atoms with Crippen molar-refractivity contribution in [2.24, 2.45) is 4.99 Å². The van der Waals surface area contributed by atoms with Gasteiger partial charge in [0.1, 0.15) is 5.60 Å². The third kappa shape index (κ3) is 7.47. The summed E-state index contributed by atoms with van der Waals surface area (Å²) in [4.78, 5) is 20.3. The van der Waals surface area contributed by atoms with E-state index in [2.05, 4.69) is 15.6 Å². The quantitative estimate of drug-likeness (QED) is 0.274. The molecule has 2 aromatic rings. The number of halogens is 1. The first-order valence-electron chi connectivity index (χ1n) is 10.7. The van der Waals surface area contributed by atoms with E-state index < -0.39 is 5.60 Å². The molecular formula is C23H33IN4O2S. The van der Waals surface area contributed by atoms with Gasteiger partial charge in [-0.15, -0.1) is 35.3 Å². The van der Waals surface area contributed by atoms with Crippen molar-refractivity contribution < 1.29 is 9.90 Å². The number of benzene rings is 1. The second-order valence-electron chi connectivity index (χ2n) is 7.85. The Morgan fingerprint density at radius 3 is 2.65 bits per heavy atom. The van der Waals surface area contributed by atoms with Crippen molar-refractivity contribution in [3.8, 4) is 0 Å². The summed E-state index contributed by atoms with van der Waals surface area (Å²) in [7, 11) is 0. The monoisotopic (exact) mass is 556 g/mol. The van der Waals surface area contributed by atoms with Crippen LogP contribution in [-0.2, 0) is 12.1 Å². The topological polar surface area (TPSA) is 77.0 Å². The van der Waals surface area contributed by atoms with Crippen molar-refractivity contribution in [1.82, 2.24) is 15.5 Å². The Balaban J connectivity index is 0.00000341. The third-order valence-corrected chi connectivity index (χ3v) is 6.36. The van der Waals surface area contributed by atoms with E-state index in [9.17, 15) is 9.90 Å². The zero-order valence-electron chi connectivity index (χ0n) is 18.3. The molecule has 170 valence electrons. The van der Waals surface area contributed by atoms with E-state index in [1.165, 1.54) is 17.8 Å². The molecule has 0 radical (unpaired) electrons. The van der Waals surface area contributed by atoms with Crippen LogP contribution in [-0.4, -0.2) is 48.1 Å². The lowest BCUT2D eigenvalue weighted by atomic mass is 10.1. The van der Waals surface area contributed by atoms with Crippen LogP contribution in [0.15, 0.2) is 46.8 Å². The van der Waals surface area contributed by atoms with Crippen LogP contribution >= 0.6 is 35.3 Å². The number of amides is 1. The number of nitrogens with zero attached hydrogens (tertiary/aromatic N) is 2. The van der Waals surface area contributed by atoms with Gasteiger partial charge in [-0.05, 0) is 62.3 Å². The molecule has 6 nitrogen and oxygen atoms in total. The van der Waals surface area contributed by atoms with Crippen molar-refractivity contribution >= 4 is 47.2 Å². The average molecular weight is 557 g/mol. The molecule has 0 bridgehead atoms. The highest BCUT2D eigenvalue weighted by molar-refractivity contribution is 14.0. The van der Waals surface area contributed by atoms with Crippen LogP contribution in [0.1, 0.15) is 53.9 Å². The predicted molar refractivity (Wildman–Crippen MR) is 138 cm³/mol. The zero-order valence-corrected chi connectivity index (χ0v) is 21.4. The Morgan fingerprint density at radius 1 is 1.19 bits per heavy atom. The van der Waals surface area contributed by atoms with Gasteiger partial charge >= 0.3 is 0 Å². The summed E-state index contributed by atoms with van der Waals surface area (Å²) in [5, 5.41) is 19.1. The third-order valence-electron chi connectivity index (χ3n) is 5.23. The minimum atomic E-state index is -0.967. The largest absolute Gasteiger partial charge is 0.383 e. The number of carbonyl (C=O) groups excluding carboxylic acids is 1. The zero-order chi connectivity index (χ0) is 21.4. The molecule has 1 unspecified atom stereocenters. The van der Waals surface area contributed by atoms with Gasteiger partial charge in [-0.25, -0.2) is 4.99 Å². The van der Waals surface area contributed by atoms with Gasteiger partial charge in [0.25, 0.3) is 5.91 Å². The van der Waals surface area contributed by atoms with Gasteiger partial charge in [-0.3, -0.25) is 4.79 Å². The number of piperidine rings is 1. The Labute approximate surface area is 206 Å². The van der Waals surface area contributed by atoms with Crippen molar-refractivity contribution in [3.05, 3.63) is 57.8 Å². The number of hydrogen-bond acceptors (Lipinski definition) is 4. The second kappa shape index (κ2) is 12.4. The van der Waals surface area contributed by atoms with Gasteiger partial charge in [-0.2, -0.15) is 0 Å². The normalized spacial score (nSPS) is 16.2. The molecule has 8 heteroatoms.